The molecule has 0 aromatic heterocycles. The van der Waals surface area contributed by atoms with E-state index in [-0.39, 0.29) is 24.0 Å². The Kier molecular flexibility index (Phi) is 6.11. The van der Waals surface area contributed by atoms with E-state index in [1.165, 1.54) is 6.07 Å². The number of carbonyl (C=O) groups is 2. The number of nitrogens with zero attached hydrogens (tertiary/aromatic N) is 1. The Morgan fingerprint density at radius 2 is 2.12 bits per heavy atom. The smallest absolute Gasteiger partial charge is 0.303 e. The van der Waals surface area contributed by atoms with Crippen LogP contribution in [0.25, 0.3) is 0 Å². The lowest BCUT2D eigenvalue weighted by Crippen LogP contribution is -2.45. The van der Waals surface area contributed by atoms with Gasteiger partial charge in [0.05, 0.1) is 0 Å². The number of aliphatic carboxylic acids is 1. The first-order valence-corrected chi connectivity index (χ1v) is 7.99. The number of rotatable bonds is 6. The number of carboxylic acid groups (broad SMARTS) is 1. The molecule has 7 heteroatoms. The molecule has 1 aliphatic rings. The molecule has 132 valence electrons. The molecule has 0 bridgehead atoms. The number of hydrogen-bond acceptors (Lipinski definition) is 3. The normalized spacial score (nSPS) is 19.0. The molecule has 1 amide bonds. The average Bonchev–Trinajstić information content (AvgIpc) is 2.56. The van der Waals surface area contributed by atoms with E-state index in [1.54, 1.807) is 11.8 Å². The van der Waals surface area contributed by atoms with Crippen molar-refractivity contribution in [2.24, 2.45) is 5.92 Å². The highest BCUT2D eigenvalue weighted by molar-refractivity contribution is 5.81. The van der Waals surface area contributed by atoms with Crippen LogP contribution in [0.4, 0.5) is 8.78 Å². The summed E-state index contributed by atoms with van der Waals surface area (Å²) >= 11 is 0. The molecule has 1 aliphatic heterocycles. The first-order chi connectivity index (χ1) is 11.4. The SMILES string of the molecule is C[C@@H](Oc1ccc(F)c(F)c1)C(=O)N1CCC[C@@H](CCC(=O)O)C1. The molecular formula is C17H21F2NO4. The number of halogens is 2. The minimum atomic E-state index is -1.03. The van der Waals surface area contributed by atoms with Crippen molar-refractivity contribution in [3.05, 3.63) is 29.8 Å². The number of likely N-dealkylation sites (tertiary alicyclic amines) is 1. The van der Waals surface area contributed by atoms with Gasteiger partial charge in [-0.05, 0) is 44.2 Å². The zero-order valence-electron chi connectivity index (χ0n) is 13.5. The summed E-state index contributed by atoms with van der Waals surface area (Å²) in [6.07, 6.45) is 1.52. The Morgan fingerprint density at radius 1 is 1.38 bits per heavy atom. The number of ether oxygens (including phenoxy) is 1. The summed E-state index contributed by atoms with van der Waals surface area (Å²) in [6, 6.07) is 3.13. The summed E-state index contributed by atoms with van der Waals surface area (Å²) in [5.41, 5.74) is 0. The van der Waals surface area contributed by atoms with Gasteiger partial charge in [-0.3, -0.25) is 9.59 Å². The second-order valence-corrected chi connectivity index (χ2v) is 6.06. The number of amides is 1. The van der Waals surface area contributed by atoms with Gasteiger partial charge in [-0.1, -0.05) is 0 Å². The molecular weight excluding hydrogens is 320 g/mol. The van der Waals surface area contributed by atoms with Crippen LogP contribution in [-0.2, 0) is 9.59 Å². The van der Waals surface area contributed by atoms with E-state index >= 15 is 0 Å². The van der Waals surface area contributed by atoms with Crippen LogP contribution < -0.4 is 4.74 Å². The molecule has 5 nitrogen and oxygen atoms in total. The van der Waals surface area contributed by atoms with E-state index < -0.39 is 23.7 Å². The van der Waals surface area contributed by atoms with Crippen molar-refractivity contribution in [1.82, 2.24) is 4.90 Å². The zero-order chi connectivity index (χ0) is 17.7. The standard InChI is InChI=1S/C17H21F2NO4/c1-11(24-13-5-6-14(18)15(19)9-13)17(23)20-8-2-3-12(10-20)4-7-16(21)22/h5-6,9,11-12H,2-4,7-8,10H2,1H3,(H,21,22)/t11-,12+/m1/s1. The van der Waals surface area contributed by atoms with Crippen LogP contribution in [0.3, 0.4) is 0 Å². The maximum atomic E-state index is 13.2. The molecule has 2 rings (SSSR count). The Labute approximate surface area is 139 Å². The largest absolute Gasteiger partial charge is 0.481 e. The first-order valence-electron chi connectivity index (χ1n) is 7.99. The summed E-state index contributed by atoms with van der Waals surface area (Å²) in [7, 11) is 0. The maximum absolute atomic E-state index is 13.2. The lowest BCUT2D eigenvalue weighted by Gasteiger charge is -2.34. The lowest BCUT2D eigenvalue weighted by molar-refractivity contribution is -0.140. The monoisotopic (exact) mass is 341 g/mol. The predicted octanol–water partition coefficient (Wildman–Crippen LogP) is 2.84. The number of benzene rings is 1. The molecule has 1 aromatic carbocycles. The van der Waals surface area contributed by atoms with Crippen LogP contribution in [0.2, 0.25) is 0 Å². The third-order valence-corrected chi connectivity index (χ3v) is 4.15. The molecule has 1 saturated heterocycles. The summed E-state index contributed by atoms with van der Waals surface area (Å²) in [5, 5.41) is 8.76. The Hall–Kier alpha value is -2.18. The Bertz CT molecular complexity index is 608. The molecule has 0 unspecified atom stereocenters. The second kappa shape index (κ2) is 8.08. The molecule has 0 spiro atoms. The Balaban J connectivity index is 1.91. The number of piperidine rings is 1. The number of carboxylic acids is 1. The van der Waals surface area contributed by atoms with Gasteiger partial charge < -0.3 is 14.7 Å². The van der Waals surface area contributed by atoms with Gasteiger partial charge in [-0.15, -0.1) is 0 Å². The van der Waals surface area contributed by atoms with E-state index in [9.17, 15) is 18.4 Å². The quantitative estimate of drug-likeness (QED) is 0.864. The van der Waals surface area contributed by atoms with E-state index in [2.05, 4.69) is 0 Å². The van der Waals surface area contributed by atoms with E-state index in [4.69, 9.17) is 9.84 Å². The van der Waals surface area contributed by atoms with Crippen molar-refractivity contribution in [1.29, 1.82) is 0 Å². The lowest BCUT2D eigenvalue weighted by atomic mass is 9.93. The highest BCUT2D eigenvalue weighted by Crippen LogP contribution is 2.23. The highest BCUT2D eigenvalue weighted by atomic mass is 19.2. The van der Waals surface area contributed by atoms with E-state index in [0.29, 0.717) is 19.5 Å². The fourth-order valence-corrected chi connectivity index (χ4v) is 2.89. The van der Waals surface area contributed by atoms with Crippen LogP contribution in [-0.4, -0.2) is 41.1 Å². The maximum Gasteiger partial charge on any atom is 0.303 e. The summed E-state index contributed by atoms with van der Waals surface area (Å²) < 4.78 is 31.5. The highest BCUT2D eigenvalue weighted by Gasteiger charge is 2.28. The summed E-state index contributed by atoms with van der Waals surface area (Å²) in [4.78, 5) is 24.8. The molecule has 24 heavy (non-hydrogen) atoms. The van der Waals surface area contributed by atoms with Crippen molar-refractivity contribution >= 4 is 11.9 Å². The van der Waals surface area contributed by atoms with E-state index in [1.807, 2.05) is 0 Å². The molecule has 0 saturated carbocycles. The van der Waals surface area contributed by atoms with Crippen molar-refractivity contribution in [2.45, 2.75) is 38.7 Å². The van der Waals surface area contributed by atoms with Gasteiger partial charge in [0, 0.05) is 25.6 Å². The van der Waals surface area contributed by atoms with Crippen LogP contribution in [0.15, 0.2) is 18.2 Å². The van der Waals surface area contributed by atoms with Gasteiger partial charge in [0.25, 0.3) is 5.91 Å². The fourth-order valence-electron chi connectivity index (χ4n) is 2.89. The molecule has 0 radical (unpaired) electrons. The fraction of sp³-hybridized carbons (Fsp3) is 0.529. The molecule has 1 N–H and O–H groups in total. The zero-order valence-corrected chi connectivity index (χ0v) is 13.5. The van der Waals surface area contributed by atoms with Crippen LogP contribution in [0.5, 0.6) is 5.75 Å². The molecule has 2 atom stereocenters. The van der Waals surface area contributed by atoms with E-state index in [0.717, 1.165) is 25.0 Å². The first kappa shape index (κ1) is 18.2. The van der Waals surface area contributed by atoms with Gasteiger partial charge in [-0.2, -0.15) is 0 Å². The molecule has 1 fully saturated rings. The Morgan fingerprint density at radius 3 is 2.79 bits per heavy atom. The van der Waals surface area contributed by atoms with Gasteiger partial charge in [0.15, 0.2) is 17.7 Å². The topological polar surface area (TPSA) is 66.8 Å². The molecule has 0 aliphatic carbocycles. The average molecular weight is 341 g/mol. The molecule has 1 heterocycles. The number of carbonyl (C=O) groups excluding carboxylic acids is 1. The van der Waals surface area contributed by atoms with Crippen molar-refractivity contribution in [3.8, 4) is 5.75 Å². The van der Waals surface area contributed by atoms with Crippen molar-refractivity contribution < 1.29 is 28.2 Å². The van der Waals surface area contributed by atoms with Crippen LogP contribution in [0.1, 0.15) is 32.6 Å². The number of hydrogen-bond donors (Lipinski definition) is 1. The van der Waals surface area contributed by atoms with Gasteiger partial charge in [-0.25, -0.2) is 8.78 Å². The minimum Gasteiger partial charge on any atom is -0.481 e. The molecule has 1 aromatic rings. The van der Waals surface area contributed by atoms with Gasteiger partial charge in [0.1, 0.15) is 5.75 Å². The van der Waals surface area contributed by atoms with Crippen LogP contribution in [0, 0.1) is 17.6 Å². The van der Waals surface area contributed by atoms with Gasteiger partial charge >= 0.3 is 5.97 Å². The van der Waals surface area contributed by atoms with Crippen molar-refractivity contribution in [2.75, 3.05) is 13.1 Å². The third-order valence-electron chi connectivity index (χ3n) is 4.15. The minimum absolute atomic E-state index is 0.0909. The predicted molar refractivity (Wildman–Crippen MR) is 82.6 cm³/mol. The van der Waals surface area contributed by atoms with Crippen LogP contribution >= 0.6 is 0 Å². The van der Waals surface area contributed by atoms with Crippen molar-refractivity contribution in [3.63, 3.8) is 0 Å². The summed E-state index contributed by atoms with van der Waals surface area (Å²) in [6.45, 7) is 2.65. The second-order valence-electron chi connectivity index (χ2n) is 6.06. The third kappa shape index (κ3) is 4.91. The van der Waals surface area contributed by atoms with Gasteiger partial charge in [0.2, 0.25) is 0 Å². The summed E-state index contributed by atoms with van der Waals surface area (Å²) in [5.74, 6) is -2.82.